The standard InChI is InChI=1S/C15H26N6O2/c1-5-20-7-6-17-14(23)10(20)8-13-18-12(9-11(16)22)19-21(13)15(2,3)4/h10H,5-9H2,1-4H3,(H2,16,22)(H,17,23). The third-order valence-electron chi connectivity index (χ3n) is 3.91. The van der Waals surface area contributed by atoms with Gasteiger partial charge in [-0.25, -0.2) is 9.67 Å². The molecule has 3 N–H and O–H groups in total. The van der Waals surface area contributed by atoms with Crippen molar-refractivity contribution in [3.05, 3.63) is 11.6 Å². The number of nitrogens with one attached hydrogen (secondary N) is 1. The summed E-state index contributed by atoms with van der Waals surface area (Å²) >= 11 is 0. The second-order valence-corrected chi connectivity index (χ2v) is 6.81. The molecule has 0 radical (unpaired) electrons. The molecular formula is C15H26N6O2. The Balaban J connectivity index is 2.31. The topological polar surface area (TPSA) is 106 Å². The molecule has 0 aliphatic carbocycles. The van der Waals surface area contributed by atoms with Crippen molar-refractivity contribution >= 4 is 11.8 Å². The molecule has 1 saturated heterocycles. The van der Waals surface area contributed by atoms with E-state index in [1.165, 1.54) is 0 Å². The van der Waals surface area contributed by atoms with Crippen molar-refractivity contribution in [3.8, 4) is 0 Å². The maximum Gasteiger partial charge on any atom is 0.237 e. The van der Waals surface area contributed by atoms with E-state index in [4.69, 9.17) is 5.73 Å². The van der Waals surface area contributed by atoms with E-state index >= 15 is 0 Å². The van der Waals surface area contributed by atoms with Crippen LogP contribution in [0.2, 0.25) is 0 Å². The Morgan fingerprint density at radius 3 is 2.70 bits per heavy atom. The fourth-order valence-electron chi connectivity index (χ4n) is 2.83. The van der Waals surface area contributed by atoms with Crippen molar-refractivity contribution in [2.24, 2.45) is 5.73 Å². The SMILES string of the molecule is CCN1CCNC(=O)C1Cc1nc(CC(N)=O)nn1C(C)(C)C. The van der Waals surface area contributed by atoms with E-state index in [2.05, 4.69) is 20.3 Å². The van der Waals surface area contributed by atoms with Gasteiger partial charge in [0.2, 0.25) is 11.8 Å². The molecule has 1 atom stereocenters. The molecule has 0 bridgehead atoms. The lowest BCUT2D eigenvalue weighted by Gasteiger charge is -2.34. The molecule has 8 nitrogen and oxygen atoms in total. The van der Waals surface area contributed by atoms with Crippen molar-refractivity contribution in [3.63, 3.8) is 0 Å². The van der Waals surface area contributed by atoms with Crippen molar-refractivity contribution < 1.29 is 9.59 Å². The summed E-state index contributed by atoms with van der Waals surface area (Å²) in [5.41, 5.74) is 4.95. The minimum absolute atomic E-state index is 0.00440. The van der Waals surface area contributed by atoms with Crippen LogP contribution < -0.4 is 11.1 Å². The average Bonchev–Trinajstić information content (AvgIpc) is 2.83. The lowest BCUT2D eigenvalue weighted by molar-refractivity contribution is -0.129. The highest BCUT2D eigenvalue weighted by Gasteiger charge is 2.32. The van der Waals surface area contributed by atoms with Gasteiger partial charge in [0.15, 0.2) is 5.82 Å². The van der Waals surface area contributed by atoms with Gasteiger partial charge in [0.05, 0.1) is 18.0 Å². The van der Waals surface area contributed by atoms with Crippen LogP contribution in [0.5, 0.6) is 0 Å². The van der Waals surface area contributed by atoms with Crippen LogP contribution in [0.1, 0.15) is 39.3 Å². The number of piperazine rings is 1. The number of nitrogens with two attached hydrogens (primary N) is 1. The molecular weight excluding hydrogens is 296 g/mol. The molecule has 1 unspecified atom stereocenters. The molecule has 2 amide bonds. The Morgan fingerprint density at radius 2 is 2.13 bits per heavy atom. The van der Waals surface area contributed by atoms with Crippen LogP contribution in [-0.4, -0.2) is 57.2 Å². The first-order valence-electron chi connectivity index (χ1n) is 7.97. The molecule has 0 aromatic carbocycles. The van der Waals surface area contributed by atoms with Crippen molar-refractivity contribution in [2.75, 3.05) is 19.6 Å². The van der Waals surface area contributed by atoms with Gasteiger partial charge < -0.3 is 11.1 Å². The molecule has 1 aliphatic heterocycles. The predicted octanol–water partition coefficient (Wildman–Crippen LogP) is -0.576. The summed E-state index contributed by atoms with van der Waals surface area (Å²) in [6, 6.07) is -0.263. The number of likely N-dealkylation sites (N-methyl/N-ethyl adjacent to an activating group) is 1. The van der Waals surface area contributed by atoms with Crippen molar-refractivity contribution in [1.82, 2.24) is 25.0 Å². The zero-order chi connectivity index (χ0) is 17.2. The highest BCUT2D eigenvalue weighted by Crippen LogP contribution is 2.19. The Kier molecular flexibility index (Phi) is 5.03. The van der Waals surface area contributed by atoms with Crippen LogP contribution >= 0.6 is 0 Å². The Morgan fingerprint density at radius 1 is 1.43 bits per heavy atom. The third kappa shape index (κ3) is 4.07. The van der Waals surface area contributed by atoms with Crippen molar-refractivity contribution in [2.45, 2.75) is 52.1 Å². The van der Waals surface area contributed by atoms with E-state index in [0.717, 1.165) is 13.1 Å². The lowest BCUT2D eigenvalue weighted by atomic mass is 10.1. The fourth-order valence-corrected chi connectivity index (χ4v) is 2.83. The number of carbonyl (C=O) groups excluding carboxylic acids is 2. The van der Waals surface area contributed by atoms with Crippen LogP contribution in [0, 0.1) is 0 Å². The van der Waals surface area contributed by atoms with Gasteiger partial charge in [0, 0.05) is 19.5 Å². The van der Waals surface area contributed by atoms with Crippen molar-refractivity contribution in [1.29, 1.82) is 0 Å². The van der Waals surface area contributed by atoms with Gasteiger partial charge in [-0.15, -0.1) is 0 Å². The molecule has 0 saturated carbocycles. The minimum Gasteiger partial charge on any atom is -0.369 e. The minimum atomic E-state index is -0.465. The number of hydrogen-bond acceptors (Lipinski definition) is 5. The first-order chi connectivity index (χ1) is 10.7. The number of carbonyl (C=O) groups is 2. The third-order valence-corrected chi connectivity index (χ3v) is 3.91. The number of nitrogens with zero attached hydrogens (tertiary/aromatic N) is 4. The van der Waals surface area contributed by atoms with Gasteiger partial charge in [-0.2, -0.15) is 5.10 Å². The van der Waals surface area contributed by atoms with Gasteiger partial charge in [-0.05, 0) is 27.3 Å². The summed E-state index contributed by atoms with van der Waals surface area (Å²) in [5, 5.41) is 7.32. The molecule has 0 spiro atoms. The van der Waals surface area contributed by atoms with E-state index in [1.807, 2.05) is 27.7 Å². The van der Waals surface area contributed by atoms with Crippen LogP contribution in [0.3, 0.4) is 0 Å². The van der Waals surface area contributed by atoms with E-state index in [1.54, 1.807) is 4.68 Å². The first kappa shape index (κ1) is 17.4. The van der Waals surface area contributed by atoms with E-state index in [-0.39, 0.29) is 23.9 Å². The van der Waals surface area contributed by atoms with E-state index in [0.29, 0.717) is 24.6 Å². The molecule has 128 valence electrons. The zero-order valence-corrected chi connectivity index (χ0v) is 14.3. The summed E-state index contributed by atoms with van der Waals surface area (Å²) in [4.78, 5) is 30.0. The van der Waals surface area contributed by atoms with Crippen LogP contribution in [0.15, 0.2) is 0 Å². The fraction of sp³-hybridized carbons (Fsp3) is 0.733. The molecule has 2 rings (SSSR count). The average molecular weight is 322 g/mol. The molecule has 23 heavy (non-hydrogen) atoms. The largest absolute Gasteiger partial charge is 0.369 e. The first-order valence-corrected chi connectivity index (χ1v) is 7.97. The molecule has 8 heteroatoms. The monoisotopic (exact) mass is 322 g/mol. The molecule has 1 fully saturated rings. The maximum atomic E-state index is 12.2. The second kappa shape index (κ2) is 6.66. The van der Waals surface area contributed by atoms with Gasteiger partial charge in [0.1, 0.15) is 5.82 Å². The maximum absolute atomic E-state index is 12.2. The summed E-state index contributed by atoms with van der Waals surface area (Å²) in [6.45, 7) is 10.4. The molecule has 2 heterocycles. The number of amides is 2. The van der Waals surface area contributed by atoms with Gasteiger partial charge in [-0.1, -0.05) is 6.92 Å². The van der Waals surface area contributed by atoms with Gasteiger partial charge >= 0.3 is 0 Å². The second-order valence-electron chi connectivity index (χ2n) is 6.81. The number of aromatic nitrogens is 3. The van der Waals surface area contributed by atoms with E-state index in [9.17, 15) is 9.59 Å². The number of primary amides is 1. The van der Waals surface area contributed by atoms with Crippen LogP contribution in [-0.2, 0) is 28.0 Å². The Labute approximate surface area is 136 Å². The highest BCUT2D eigenvalue weighted by atomic mass is 16.2. The van der Waals surface area contributed by atoms with Crippen LogP contribution in [0.4, 0.5) is 0 Å². The predicted molar refractivity (Wildman–Crippen MR) is 85.7 cm³/mol. The smallest absolute Gasteiger partial charge is 0.237 e. The summed E-state index contributed by atoms with van der Waals surface area (Å²) in [7, 11) is 0. The Hall–Kier alpha value is -1.96. The van der Waals surface area contributed by atoms with Gasteiger partial charge in [0.25, 0.3) is 0 Å². The summed E-state index contributed by atoms with van der Waals surface area (Å²) in [6.07, 6.45) is 0.465. The quantitative estimate of drug-likeness (QED) is 0.755. The molecule has 1 aromatic heterocycles. The molecule has 1 aromatic rings. The number of rotatable bonds is 5. The number of hydrogen-bond donors (Lipinski definition) is 2. The molecule has 1 aliphatic rings. The zero-order valence-electron chi connectivity index (χ0n) is 14.3. The van der Waals surface area contributed by atoms with Gasteiger partial charge in [-0.3, -0.25) is 14.5 Å². The highest BCUT2D eigenvalue weighted by molar-refractivity contribution is 5.82. The summed E-state index contributed by atoms with van der Waals surface area (Å²) in [5.74, 6) is 0.655. The normalized spacial score (nSPS) is 19.7. The summed E-state index contributed by atoms with van der Waals surface area (Å²) < 4.78 is 1.79. The lowest BCUT2D eigenvalue weighted by Crippen LogP contribution is -2.56. The Bertz CT molecular complexity index is 589. The van der Waals surface area contributed by atoms with Crippen LogP contribution in [0.25, 0.3) is 0 Å². The van der Waals surface area contributed by atoms with E-state index < -0.39 is 5.91 Å².